The summed E-state index contributed by atoms with van der Waals surface area (Å²) in [5.41, 5.74) is 0.700. The van der Waals surface area contributed by atoms with Gasteiger partial charge >= 0.3 is 0 Å². The molecule has 2 atom stereocenters. The normalized spacial score (nSPS) is 23.1. The number of amides is 1. The Morgan fingerprint density at radius 3 is 2.26 bits per heavy atom. The summed E-state index contributed by atoms with van der Waals surface area (Å²) in [5.74, 6) is 2.50. The number of carbonyl (C=O) groups excluding carboxylic acids is 1. The number of nitrogens with zero attached hydrogens (tertiary/aromatic N) is 3. The van der Waals surface area contributed by atoms with Gasteiger partial charge in [0.1, 0.15) is 5.82 Å². The quantitative estimate of drug-likeness (QED) is 0.876. The molecule has 0 radical (unpaired) electrons. The van der Waals surface area contributed by atoms with Gasteiger partial charge < -0.3 is 15.1 Å². The van der Waals surface area contributed by atoms with Gasteiger partial charge in [-0.3, -0.25) is 4.79 Å². The first-order valence-corrected chi connectivity index (χ1v) is 7.78. The Kier molecular flexibility index (Phi) is 7.58. The number of hydrogen-bond donors (Lipinski definition) is 1. The van der Waals surface area contributed by atoms with E-state index in [1.165, 1.54) is 0 Å². The summed E-state index contributed by atoms with van der Waals surface area (Å²) in [6.45, 7) is 3.98. The number of carbonyl (C=O) groups is 1. The molecule has 3 heterocycles. The third-order valence-corrected chi connectivity index (χ3v) is 4.76. The van der Waals surface area contributed by atoms with Crippen LogP contribution in [0.15, 0.2) is 18.3 Å². The van der Waals surface area contributed by atoms with Gasteiger partial charge in [-0.15, -0.1) is 24.8 Å². The minimum absolute atomic E-state index is 0. The largest absolute Gasteiger partial charge is 0.363 e. The molecule has 2 fully saturated rings. The van der Waals surface area contributed by atoms with Crippen LogP contribution in [0.3, 0.4) is 0 Å². The molecule has 3 rings (SSSR count). The summed E-state index contributed by atoms with van der Waals surface area (Å²) in [5, 5.41) is 3.47. The molecule has 130 valence electrons. The summed E-state index contributed by atoms with van der Waals surface area (Å²) in [7, 11) is 3.90. The van der Waals surface area contributed by atoms with Gasteiger partial charge in [0.05, 0.1) is 5.56 Å². The number of anilines is 1. The number of halogens is 2. The van der Waals surface area contributed by atoms with Crippen LogP contribution in [-0.2, 0) is 0 Å². The fraction of sp³-hybridized carbons (Fsp3) is 0.625. The molecule has 1 N–H and O–H groups in total. The average Bonchev–Trinajstić information content (AvgIpc) is 2.85. The molecule has 7 heteroatoms. The van der Waals surface area contributed by atoms with E-state index in [0.29, 0.717) is 5.56 Å². The van der Waals surface area contributed by atoms with Crippen LogP contribution in [0.2, 0.25) is 0 Å². The molecule has 0 bridgehead atoms. The van der Waals surface area contributed by atoms with Gasteiger partial charge in [-0.1, -0.05) is 0 Å². The number of pyridine rings is 1. The Bertz CT molecular complexity index is 495. The number of nitrogens with one attached hydrogen (secondary N) is 1. The number of rotatable bonds is 2. The second kappa shape index (κ2) is 8.71. The van der Waals surface area contributed by atoms with Gasteiger partial charge in [0.2, 0.25) is 0 Å². The molecule has 2 aliphatic rings. The van der Waals surface area contributed by atoms with Gasteiger partial charge in [0, 0.05) is 33.4 Å². The Hall–Kier alpha value is -1.04. The Balaban J connectivity index is 0.00000132. The van der Waals surface area contributed by atoms with Crippen molar-refractivity contribution in [3.8, 4) is 0 Å². The van der Waals surface area contributed by atoms with E-state index in [2.05, 4.69) is 10.3 Å². The maximum Gasteiger partial charge on any atom is 0.255 e. The van der Waals surface area contributed by atoms with Crippen molar-refractivity contribution in [1.29, 1.82) is 0 Å². The summed E-state index contributed by atoms with van der Waals surface area (Å²) >= 11 is 0. The van der Waals surface area contributed by atoms with Crippen LogP contribution in [0, 0.1) is 11.8 Å². The molecule has 1 aromatic heterocycles. The van der Waals surface area contributed by atoms with Crippen LogP contribution in [0.5, 0.6) is 0 Å². The molecule has 0 spiro atoms. The molecule has 0 saturated carbocycles. The first-order chi connectivity index (χ1) is 10.1. The minimum Gasteiger partial charge on any atom is -0.363 e. The summed E-state index contributed by atoms with van der Waals surface area (Å²) in [6.07, 6.45) is 3.93. The van der Waals surface area contributed by atoms with E-state index in [-0.39, 0.29) is 30.7 Å². The smallest absolute Gasteiger partial charge is 0.255 e. The predicted octanol–water partition coefficient (Wildman–Crippen LogP) is 2.06. The number of likely N-dealkylation sites (tertiary alicyclic amines) is 1. The SMILES string of the molecule is CN(C)c1ccc(C(=O)N2CC[C@@H]3CNC[C@@H]3CC2)cn1.Cl.Cl. The zero-order valence-corrected chi connectivity index (χ0v) is 15.3. The molecular formula is C16H26Cl2N4O. The minimum atomic E-state index is 0. The zero-order chi connectivity index (χ0) is 14.8. The van der Waals surface area contributed by atoms with E-state index in [0.717, 1.165) is 56.7 Å². The van der Waals surface area contributed by atoms with Crippen molar-refractivity contribution in [3.05, 3.63) is 23.9 Å². The fourth-order valence-corrected chi connectivity index (χ4v) is 3.38. The van der Waals surface area contributed by atoms with Crippen LogP contribution in [0.4, 0.5) is 5.82 Å². The van der Waals surface area contributed by atoms with Crippen LogP contribution < -0.4 is 10.2 Å². The fourth-order valence-electron chi connectivity index (χ4n) is 3.38. The molecule has 1 amide bonds. The van der Waals surface area contributed by atoms with Crippen molar-refractivity contribution >= 4 is 36.5 Å². The lowest BCUT2D eigenvalue weighted by molar-refractivity contribution is 0.0758. The van der Waals surface area contributed by atoms with Crippen molar-refractivity contribution in [2.24, 2.45) is 11.8 Å². The van der Waals surface area contributed by atoms with Gasteiger partial charge in [-0.2, -0.15) is 0 Å². The first-order valence-electron chi connectivity index (χ1n) is 7.78. The van der Waals surface area contributed by atoms with Gasteiger partial charge in [0.25, 0.3) is 5.91 Å². The summed E-state index contributed by atoms with van der Waals surface area (Å²) in [4.78, 5) is 20.9. The molecular weight excluding hydrogens is 335 g/mol. The third kappa shape index (κ3) is 4.49. The van der Waals surface area contributed by atoms with Crippen LogP contribution in [0.1, 0.15) is 23.2 Å². The standard InChI is InChI=1S/C16H24N4O.2ClH/c1-19(2)15-4-3-14(11-18-15)16(21)20-7-5-12-9-17-10-13(12)6-8-20;;/h3-4,11-13,17H,5-10H2,1-2H3;2*1H/t12-,13+;;. The highest BCUT2D eigenvalue weighted by molar-refractivity contribution is 5.94. The second-order valence-electron chi connectivity index (χ2n) is 6.35. The van der Waals surface area contributed by atoms with Crippen LogP contribution in [0.25, 0.3) is 0 Å². The highest BCUT2D eigenvalue weighted by Crippen LogP contribution is 2.27. The molecule has 0 aromatic carbocycles. The van der Waals surface area contributed by atoms with E-state index < -0.39 is 0 Å². The number of aromatic nitrogens is 1. The van der Waals surface area contributed by atoms with Crippen molar-refractivity contribution in [2.75, 3.05) is 45.2 Å². The second-order valence-corrected chi connectivity index (χ2v) is 6.35. The molecule has 5 nitrogen and oxygen atoms in total. The van der Waals surface area contributed by atoms with E-state index in [1.807, 2.05) is 36.0 Å². The van der Waals surface area contributed by atoms with Gasteiger partial charge in [-0.25, -0.2) is 4.98 Å². The monoisotopic (exact) mass is 360 g/mol. The van der Waals surface area contributed by atoms with Crippen LogP contribution >= 0.6 is 24.8 Å². The Labute approximate surface area is 150 Å². The highest BCUT2D eigenvalue weighted by Gasteiger charge is 2.31. The topological polar surface area (TPSA) is 48.5 Å². The van der Waals surface area contributed by atoms with Crippen molar-refractivity contribution in [2.45, 2.75) is 12.8 Å². The van der Waals surface area contributed by atoms with Crippen molar-refractivity contribution in [1.82, 2.24) is 15.2 Å². The van der Waals surface area contributed by atoms with Crippen LogP contribution in [-0.4, -0.2) is 56.1 Å². The van der Waals surface area contributed by atoms with Crippen molar-refractivity contribution < 1.29 is 4.79 Å². The highest BCUT2D eigenvalue weighted by atomic mass is 35.5. The summed E-state index contributed by atoms with van der Waals surface area (Å²) < 4.78 is 0. The van der Waals surface area contributed by atoms with Crippen molar-refractivity contribution in [3.63, 3.8) is 0 Å². The number of hydrogen-bond acceptors (Lipinski definition) is 4. The predicted molar refractivity (Wildman–Crippen MR) is 98.0 cm³/mol. The molecule has 1 aromatic rings. The molecule has 2 aliphatic heterocycles. The van der Waals surface area contributed by atoms with E-state index >= 15 is 0 Å². The first kappa shape index (κ1) is 20.0. The van der Waals surface area contributed by atoms with E-state index in [1.54, 1.807) is 6.20 Å². The lowest BCUT2D eigenvalue weighted by Crippen LogP contribution is -2.32. The third-order valence-electron chi connectivity index (χ3n) is 4.76. The molecule has 2 saturated heterocycles. The Morgan fingerprint density at radius 2 is 1.78 bits per heavy atom. The average molecular weight is 361 g/mol. The molecule has 0 unspecified atom stereocenters. The lowest BCUT2D eigenvalue weighted by Gasteiger charge is -2.21. The maximum absolute atomic E-state index is 12.6. The van der Waals surface area contributed by atoms with E-state index in [4.69, 9.17) is 0 Å². The van der Waals surface area contributed by atoms with Gasteiger partial charge in [-0.05, 0) is 49.9 Å². The zero-order valence-electron chi connectivity index (χ0n) is 13.7. The lowest BCUT2D eigenvalue weighted by atomic mass is 9.92. The van der Waals surface area contributed by atoms with E-state index in [9.17, 15) is 4.79 Å². The molecule has 23 heavy (non-hydrogen) atoms. The number of fused-ring (bicyclic) bond motifs is 1. The summed E-state index contributed by atoms with van der Waals surface area (Å²) in [6, 6.07) is 3.79. The maximum atomic E-state index is 12.6. The molecule has 0 aliphatic carbocycles. The Morgan fingerprint density at radius 1 is 1.17 bits per heavy atom. The van der Waals surface area contributed by atoms with Gasteiger partial charge in [0.15, 0.2) is 0 Å².